The van der Waals surface area contributed by atoms with Crippen LogP contribution >= 0.6 is 0 Å². The molecule has 0 atom stereocenters. The molecule has 0 spiro atoms. The first-order valence-electron chi connectivity index (χ1n) is 5.45. The van der Waals surface area contributed by atoms with Crippen LogP contribution in [-0.4, -0.2) is 18.1 Å². The van der Waals surface area contributed by atoms with Crippen LogP contribution in [0.1, 0.15) is 32.4 Å². The van der Waals surface area contributed by atoms with Crippen molar-refractivity contribution in [1.82, 2.24) is 4.98 Å². The second-order valence-corrected chi connectivity index (χ2v) is 3.64. The minimum absolute atomic E-state index is 1.10. The SMILES string of the molecule is CCCN(CCC)c1ccnc(C)c1. The van der Waals surface area contributed by atoms with E-state index in [1.54, 1.807) is 0 Å². The van der Waals surface area contributed by atoms with Crippen LogP contribution in [0.15, 0.2) is 18.3 Å². The lowest BCUT2D eigenvalue weighted by Crippen LogP contribution is -2.24. The predicted octanol–water partition coefficient (Wildman–Crippen LogP) is 3.02. The highest BCUT2D eigenvalue weighted by Gasteiger charge is 2.03. The maximum Gasteiger partial charge on any atom is 0.0399 e. The number of aryl methyl sites for hydroxylation is 1. The summed E-state index contributed by atoms with van der Waals surface area (Å²) < 4.78 is 0. The van der Waals surface area contributed by atoms with E-state index in [2.05, 4.69) is 35.9 Å². The summed E-state index contributed by atoms with van der Waals surface area (Å²) in [7, 11) is 0. The summed E-state index contributed by atoms with van der Waals surface area (Å²) >= 11 is 0. The average Bonchev–Trinajstić information content (AvgIpc) is 2.17. The van der Waals surface area contributed by atoms with Gasteiger partial charge in [0.25, 0.3) is 0 Å². The Bertz CT molecular complexity index is 265. The van der Waals surface area contributed by atoms with E-state index in [9.17, 15) is 0 Å². The molecule has 78 valence electrons. The fraction of sp³-hybridized carbons (Fsp3) is 0.583. The van der Waals surface area contributed by atoms with Gasteiger partial charge in [-0.05, 0) is 31.9 Å². The van der Waals surface area contributed by atoms with Crippen LogP contribution in [0.25, 0.3) is 0 Å². The average molecular weight is 192 g/mol. The summed E-state index contributed by atoms with van der Waals surface area (Å²) in [5.74, 6) is 0. The Hall–Kier alpha value is -1.05. The van der Waals surface area contributed by atoms with Crippen LogP contribution in [0.2, 0.25) is 0 Å². The van der Waals surface area contributed by atoms with E-state index < -0.39 is 0 Å². The molecule has 0 saturated carbocycles. The molecule has 0 aliphatic carbocycles. The van der Waals surface area contributed by atoms with Crippen molar-refractivity contribution in [1.29, 1.82) is 0 Å². The fourth-order valence-electron chi connectivity index (χ4n) is 1.64. The molecule has 1 heterocycles. The topological polar surface area (TPSA) is 16.1 Å². The van der Waals surface area contributed by atoms with Gasteiger partial charge in [-0.25, -0.2) is 0 Å². The number of hydrogen-bond donors (Lipinski definition) is 0. The molecule has 0 N–H and O–H groups in total. The zero-order chi connectivity index (χ0) is 10.4. The van der Waals surface area contributed by atoms with Gasteiger partial charge in [-0.15, -0.1) is 0 Å². The molecule has 1 rings (SSSR count). The molecule has 0 amide bonds. The van der Waals surface area contributed by atoms with Crippen molar-refractivity contribution in [3.63, 3.8) is 0 Å². The van der Waals surface area contributed by atoms with E-state index in [0.717, 1.165) is 18.8 Å². The molecule has 0 saturated heterocycles. The van der Waals surface area contributed by atoms with E-state index in [1.807, 2.05) is 13.1 Å². The van der Waals surface area contributed by atoms with Crippen molar-refractivity contribution in [3.8, 4) is 0 Å². The number of nitrogens with zero attached hydrogens (tertiary/aromatic N) is 2. The molecular weight excluding hydrogens is 172 g/mol. The Morgan fingerprint density at radius 2 is 1.86 bits per heavy atom. The van der Waals surface area contributed by atoms with Gasteiger partial charge in [0.15, 0.2) is 0 Å². The molecule has 0 unspecified atom stereocenters. The zero-order valence-corrected chi connectivity index (χ0v) is 9.45. The fourth-order valence-corrected chi connectivity index (χ4v) is 1.64. The molecule has 0 aromatic carbocycles. The zero-order valence-electron chi connectivity index (χ0n) is 9.45. The van der Waals surface area contributed by atoms with E-state index in [-0.39, 0.29) is 0 Å². The monoisotopic (exact) mass is 192 g/mol. The third kappa shape index (κ3) is 3.02. The molecule has 0 radical (unpaired) electrons. The minimum atomic E-state index is 1.10. The molecule has 2 nitrogen and oxygen atoms in total. The molecule has 0 aliphatic rings. The summed E-state index contributed by atoms with van der Waals surface area (Å²) in [5, 5.41) is 0. The Balaban J connectivity index is 2.75. The van der Waals surface area contributed by atoms with Crippen molar-refractivity contribution in [2.24, 2.45) is 0 Å². The second kappa shape index (κ2) is 5.63. The largest absolute Gasteiger partial charge is 0.371 e. The molecule has 0 aliphatic heterocycles. The molecule has 1 aromatic heterocycles. The summed E-state index contributed by atoms with van der Waals surface area (Å²) in [4.78, 5) is 6.64. The Kier molecular flexibility index (Phi) is 4.44. The highest BCUT2D eigenvalue weighted by molar-refractivity contribution is 5.46. The number of aromatic nitrogens is 1. The Morgan fingerprint density at radius 3 is 2.36 bits per heavy atom. The highest BCUT2D eigenvalue weighted by Crippen LogP contribution is 2.14. The normalized spacial score (nSPS) is 10.2. The number of anilines is 1. The first-order valence-corrected chi connectivity index (χ1v) is 5.45. The molecule has 0 bridgehead atoms. The van der Waals surface area contributed by atoms with Gasteiger partial charge in [-0.2, -0.15) is 0 Å². The maximum absolute atomic E-state index is 4.22. The quantitative estimate of drug-likeness (QED) is 0.713. The van der Waals surface area contributed by atoms with E-state index in [4.69, 9.17) is 0 Å². The highest BCUT2D eigenvalue weighted by atomic mass is 15.1. The molecule has 14 heavy (non-hydrogen) atoms. The second-order valence-electron chi connectivity index (χ2n) is 3.64. The third-order valence-corrected chi connectivity index (χ3v) is 2.23. The molecular formula is C12H20N2. The lowest BCUT2D eigenvalue weighted by atomic mass is 10.2. The van der Waals surface area contributed by atoms with Crippen molar-refractivity contribution in [2.75, 3.05) is 18.0 Å². The van der Waals surface area contributed by atoms with E-state index >= 15 is 0 Å². The standard InChI is InChI=1S/C12H20N2/c1-4-8-14(9-5-2)12-6-7-13-11(3)10-12/h6-7,10H,4-5,8-9H2,1-3H3. The van der Waals surface area contributed by atoms with Crippen molar-refractivity contribution < 1.29 is 0 Å². The van der Waals surface area contributed by atoms with Crippen LogP contribution in [0.3, 0.4) is 0 Å². The van der Waals surface area contributed by atoms with Gasteiger partial charge in [0.05, 0.1) is 0 Å². The van der Waals surface area contributed by atoms with Crippen LogP contribution in [0.5, 0.6) is 0 Å². The predicted molar refractivity (Wildman–Crippen MR) is 61.8 cm³/mol. The number of rotatable bonds is 5. The lowest BCUT2D eigenvalue weighted by Gasteiger charge is -2.23. The molecule has 2 heteroatoms. The van der Waals surface area contributed by atoms with Crippen LogP contribution in [0.4, 0.5) is 5.69 Å². The lowest BCUT2D eigenvalue weighted by molar-refractivity contribution is 0.744. The van der Waals surface area contributed by atoms with Crippen molar-refractivity contribution >= 4 is 5.69 Å². The summed E-state index contributed by atoms with van der Waals surface area (Å²) in [5.41, 5.74) is 2.40. The van der Waals surface area contributed by atoms with E-state index in [0.29, 0.717) is 0 Å². The van der Waals surface area contributed by atoms with Gasteiger partial charge >= 0.3 is 0 Å². The number of hydrogen-bond acceptors (Lipinski definition) is 2. The third-order valence-electron chi connectivity index (χ3n) is 2.23. The maximum atomic E-state index is 4.22. The first-order chi connectivity index (χ1) is 6.77. The van der Waals surface area contributed by atoms with Crippen molar-refractivity contribution in [3.05, 3.63) is 24.0 Å². The van der Waals surface area contributed by atoms with Crippen LogP contribution in [0, 0.1) is 6.92 Å². The Labute approximate surface area is 87.0 Å². The van der Waals surface area contributed by atoms with Gasteiger partial charge in [0.2, 0.25) is 0 Å². The molecule has 0 fully saturated rings. The summed E-state index contributed by atoms with van der Waals surface area (Å²) in [6.45, 7) is 8.75. The van der Waals surface area contributed by atoms with Crippen LogP contribution in [-0.2, 0) is 0 Å². The van der Waals surface area contributed by atoms with Crippen LogP contribution < -0.4 is 4.90 Å². The number of pyridine rings is 1. The van der Waals surface area contributed by atoms with E-state index in [1.165, 1.54) is 18.5 Å². The van der Waals surface area contributed by atoms with Crippen molar-refractivity contribution in [2.45, 2.75) is 33.6 Å². The Morgan fingerprint density at radius 1 is 1.21 bits per heavy atom. The minimum Gasteiger partial charge on any atom is -0.371 e. The van der Waals surface area contributed by atoms with Gasteiger partial charge in [0, 0.05) is 30.7 Å². The summed E-state index contributed by atoms with van der Waals surface area (Å²) in [6.07, 6.45) is 4.28. The van der Waals surface area contributed by atoms with Gasteiger partial charge < -0.3 is 4.90 Å². The van der Waals surface area contributed by atoms with Gasteiger partial charge in [0.1, 0.15) is 0 Å². The first kappa shape index (κ1) is 11.0. The smallest absolute Gasteiger partial charge is 0.0399 e. The molecule has 1 aromatic rings. The van der Waals surface area contributed by atoms with Gasteiger partial charge in [-0.1, -0.05) is 13.8 Å². The summed E-state index contributed by atoms with van der Waals surface area (Å²) in [6, 6.07) is 4.25. The van der Waals surface area contributed by atoms with Gasteiger partial charge in [-0.3, -0.25) is 4.98 Å².